The van der Waals surface area contributed by atoms with Gasteiger partial charge in [0.25, 0.3) is 0 Å². The van der Waals surface area contributed by atoms with Gasteiger partial charge < -0.3 is 0 Å². The van der Waals surface area contributed by atoms with E-state index in [0.29, 0.717) is 12.8 Å². The zero-order chi connectivity index (χ0) is 14.3. The van der Waals surface area contributed by atoms with Crippen molar-refractivity contribution in [2.45, 2.75) is 57.8 Å². The third-order valence-corrected chi connectivity index (χ3v) is 5.73. The Labute approximate surface area is 121 Å². The van der Waals surface area contributed by atoms with E-state index < -0.39 is 0 Å². The first-order valence-corrected chi connectivity index (χ1v) is 8.04. The Balaban J connectivity index is 1.74. The van der Waals surface area contributed by atoms with E-state index in [0.717, 1.165) is 24.7 Å². The van der Waals surface area contributed by atoms with E-state index in [-0.39, 0.29) is 17.2 Å². The molecule has 4 heteroatoms. The summed E-state index contributed by atoms with van der Waals surface area (Å²) in [6.45, 7) is 0. The Morgan fingerprint density at radius 3 is 2.20 bits per heavy atom. The summed E-state index contributed by atoms with van der Waals surface area (Å²) in [6.07, 6.45) is 9.94. The molecule has 2 amide bonds. The van der Waals surface area contributed by atoms with Gasteiger partial charge in [0.15, 0.2) is 0 Å². The smallest absolute Gasteiger partial charge is 0.244 e. The van der Waals surface area contributed by atoms with E-state index in [4.69, 9.17) is 0 Å². The summed E-state index contributed by atoms with van der Waals surface area (Å²) in [4.78, 5) is 24.7. The van der Waals surface area contributed by atoms with Crippen LogP contribution in [0.2, 0.25) is 0 Å². The van der Waals surface area contributed by atoms with Crippen molar-refractivity contribution in [1.82, 2.24) is 10.0 Å². The maximum Gasteiger partial charge on any atom is 0.244 e. The predicted octanol–water partition coefficient (Wildman–Crippen LogP) is 2.59. The molecule has 0 N–H and O–H groups in total. The number of rotatable bonds is 1. The molecule has 0 bridgehead atoms. The van der Waals surface area contributed by atoms with E-state index in [1.54, 1.807) is 19.1 Å². The standard InChI is InChI=1S/C16H26N2O2/c1-17(2)18-14(19)10-16(11-15(18)20)8-7-12-5-3-4-6-13(12)9-16/h12-13H,3-11H2,1-2H3/t12-,13+/m0/s1. The van der Waals surface area contributed by atoms with Gasteiger partial charge in [-0.15, -0.1) is 0 Å². The largest absolute Gasteiger partial charge is 0.273 e. The number of fused-ring (bicyclic) bond motifs is 1. The molecule has 0 radical (unpaired) electrons. The van der Waals surface area contributed by atoms with Crippen LogP contribution in [0.25, 0.3) is 0 Å². The summed E-state index contributed by atoms with van der Waals surface area (Å²) in [5.74, 6) is 1.64. The summed E-state index contributed by atoms with van der Waals surface area (Å²) >= 11 is 0. The highest BCUT2D eigenvalue weighted by molar-refractivity contribution is 5.97. The van der Waals surface area contributed by atoms with Crippen LogP contribution < -0.4 is 0 Å². The number of hydrogen-bond donors (Lipinski definition) is 0. The fourth-order valence-electron chi connectivity index (χ4n) is 4.84. The Kier molecular flexibility index (Phi) is 3.61. The summed E-state index contributed by atoms with van der Waals surface area (Å²) in [5.41, 5.74) is -0.0147. The lowest BCUT2D eigenvalue weighted by molar-refractivity contribution is -0.172. The van der Waals surface area contributed by atoms with Crippen LogP contribution >= 0.6 is 0 Å². The van der Waals surface area contributed by atoms with Crippen molar-refractivity contribution in [3.05, 3.63) is 0 Å². The fourth-order valence-corrected chi connectivity index (χ4v) is 4.84. The first kappa shape index (κ1) is 14.1. The van der Waals surface area contributed by atoms with Crippen LogP contribution in [0, 0.1) is 17.3 Å². The maximum atomic E-state index is 12.3. The molecule has 3 fully saturated rings. The van der Waals surface area contributed by atoms with Gasteiger partial charge in [-0.3, -0.25) is 9.59 Å². The molecule has 0 unspecified atom stereocenters. The molecule has 4 nitrogen and oxygen atoms in total. The molecule has 2 atom stereocenters. The lowest BCUT2D eigenvalue weighted by Gasteiger charge is -2.49. The normalized spacial score (nSPS) is 33.6. The Bertz CT molecular complexity index is 401. The van der Waals surface area contributed by atoms with Crippen molar-refractivity contribution >= 4 is 11.8 Å². The van der Waals surface area contributed by atoms with Crippen molar-refractivity contribution in [2.24, 2.45) is 17.3 Å². The second-order valence-corrected chi connectivity index (χ2v) is 7.35. The highest BCUT2D eigenvalue weighted by Crippen LogP contribution is 2.53. The quantitative estimate of drug-likeness (QED) is 0.692. The van der Waals surface area contributed by atoms with Crippen LogP contribution in [0.4, 0.5) is 0 Å². The van der Waals surface area contributed by atoms with Crippen LogP contribution in [0.15, 0.2) is 0 Å². The molecule has 3 aliphatic rings. The van der Waals surface area contributed by atoms with Gasteiger partial charge in [-0.05, 0) is 36.5 Å². The first-order chi connectivity index (χ1) is 9.51. The van der Waals surface area contributed by atoms with Crippen molar-refractivity contribution < 1.29 is 9.59 Å². The number of carbonyl (C=O) groups is 2. The number of piperidine rings is 1. The molecule has 0 aromatic carbocycles. The molecular formula is C16H26N2O2. The van der Waals surface area contributed by atoms with Gasteiger partial charge >= 0.3 is 0 Å². The number of amides is 2. The zero-order valence-corrected chi connectivity index (χ0v) is 12.7. The third-order valence-electron chi connectivity index (χ3n) is 5.73. The number of nitrogens with zero attached hydrogens (tertiary/aromatic N) is 2. The van der Waals surface area contributed by atoms with E-state index in [9.17, 15) is 9.59 Å². The average Bonchev–Trinajstić information content (AvgIpc) is 2.37. The van der Waals surface area contributed by atoms with E-state index >= 15 is 0 Å². The SMILES string of the molecule is CN(C)N1C(=O)CC2(CC[C@@H]3CCCC[C@@H]3C2)CC1=O. The molecule has 0 aromatic rings. The minimum absolute atomic E-state index is 0.000472. The van der Waals surface area contributed by atoms with Crippen molar-refractivity contribution in [1.29, 1.82) is 0 Å². The number of carbonyl (C=O) groups excluding carboxylic acids is 2. The predicted molar refractivity (Wildman–Crippen MR) is 76.5 cm³/mol. The van der Waals surface area contributed by atoms with Crippen LogP contribution in [0.3, 0.4) is 0 Å². The highest BCUT2D eigenvalue weighted by atomic mass is 16.2. The summed E-state index contributed by atoms with van der Waals surface area (Å²) in [7, 11) is 3.54. The van der Waals surface area contributed by atoms with E-state index in [1.165, 1.54) is 37.1 Å². The molecular weight excluding hydrogens is 252 g/mol. The van der Waals surface area contributed by atoms with Gasteiger partial charge in [-0.2, -0.15) is 0 Å². The summed E-state index contributed by atoms with van der Waals surface area (Å²) in [6, 6.07) is 0. The van der Waals surface area contributed by atoms with Gasteiger partial charge in [0.1, 0.15) is 0 Å². The summed E-state index contributed by atoms with van der Waals surface area (Å²) < 4.78 is 0. The van der Waals surface area contributed by atoms with Gasteiger partial charge in [-0.25, -0.2) is 10.0 Å². The molecule has 20 heavy (non-hydrogen) atoms. The van der Waals surface area contributed by atoms with E-state index in [2.05, 4.69) is 0 Å². The monoisotopic (exact) mass is 278 g/mol. The molecule has 112 valence electrons. The Morgan fingerprint density at radius 2 is 1.60 bits per heavy atom. The van der Waals surface area contributed by atoms with Crippen molar-refractivity contribution in [3.63, 3.8) is 0 Å². The minimum atomic E-state index is -0.0147. The van der Waals surface area contributed by atoms with E-state index in [1.807, 2.05) is 0 Å². The second kappa shape index (κ2) is 5.14. The van der Waals surface area contributed by atoms with Crippen LogP contribution in [-0.2, 0) is 9.59 Å². The fraction of sp³-hybridized carbons (Fsp3) is 0.875. The molecule has 1 heterocycles. The Morgan fingerprint density at radius 1 is 1.00 bits per heavy atom. The van der Waals surface area contributed by atoms with Crippen LogP contribution in [0.1, 0.15) is 57.8 Å². The molecule has 0 aromatic heterocycles. The minimum Gasteiger partial charge on any atom is -0.273 e. The Hall–Kier alpha value is -0.900. The third kappa shape index (κ3) is 2.39. The van der Waals surface area contributed by atoms with Gasteiger partial charge in [-0.1, -0.05) is 25.7 Å². The topological polar surface area (TPSA) is 40.6 Å². The first-order valence-electron chi connectivity index (χ1n) is 8.04. The zero-order valence-electron chi connectivity index (χ0n) is 12.7. The molecule has 1 spiro atoms. The lowest BCUT2D eigenvalue weighted by atomic mass is 9.58. The highest BCUT2D eigenvalue weighted by Gasteiger charge is 2.48. The maximum absolute atomic E-state index is 12.3. The molecule has 2 aliphatic carbocycles. The second-order valence-electron chi connectivity index (χ2n) is 7.35. The van der Waals surface area contributed by atoms with Crippen molar-refractivity contribution in [3.8, 4) is 0 Å². The number of imide groups is 1. The molecule has 3 rings (SSSR count). The van der Waals surface area contributed by atoms with Crippen molar-refractivity contribution in [2.75, 3.05) is 14.1 Å². The van der Waals surface area contributed by atoms with Crippen LogP contribution in [0.5, 0.6) is 0 Å². The number of hydrogen-bond acceptors (Lipinski definition) is 3. The molecule has 1 saturated heterocycles. The molecule has 1 aliphatic heterocycles. The van der Waals surface area contributed by atoms with Crippen LogP contribution in [-0.4, -0.2) is 35.9 Å². The number of hydrazine groups is 1. The lowest BCUT2D eigenvalue weighted by Crippen LogP contribution is -2.54. The van der Waals surface area contributed by atoms with Gasteiger partial charge in [0.2, 0.25) is 11.8 Å². The molecule has 2 saturated carbocycles. The van der Waals surface area contributed by atoms with Gasteiger partial charge in [0, 0.05) is 26.9 Å². The summed E-state index contributed by atoms with van der Waals surface area (Å²) in [5, 5.41) is 2.96. The van der Waals surface area contributed by atoms with Gasteiger partial charge in [0.05, 0.1) is 0 Å². The average molecular weight is 278 g/mol.